The van der Waals surface area contributed by atoms with Gasteiger partial charge >= 0.3 is 0 Å². The summed E-state index contributed by atoms with van der Waals surface area (Å²) in [5.74, 6) is 0. The van der Waals surface area contributed by atoms with E-state index in [4.69, 9.17) is 22.4 Å². The highest BCUT2D eigenvalue weighted by Crippen LogP contribution is 1.49. The van der Waals surface area contributed by atoms with Crippen LogP contribution >= 0.6 is 0 Å². The van der Waals surface area contributed by atoms with Crippen LogP contribution in [0.3, 0.4) is 0 Å². The van der Waals surface area contributed by atoms with Crippen LogP contribution in [0.5, 0.6) is 0 Å². The lowest BCUT2D eigenvalue weighted by atomic mass is 30.7. The second-order valence-electron chi connectivity index (χ2n) is 5.78. The zero-order valence-corrected chi connectivity index (χ0v) is 107. The monoisotopic (exact) mass is 2780 g/mol. The van der Waals surface area contributed by atoms with Gasteiger partial charge in [-0.15, -0.1) is 0 Å². The minimum Gasteiger partial charge on any atom is 0 e. The summed E-state index contributed by atoms with van der Waals surface area (Å²) >= 11 is 9.66. The molecular formula is S87. The molecule has 0 N–H and O–H groups in total. The van der Waals surface area contributed by atoms with E-state index < -0.39 is 0 Å². The molecular weight excluding hydrogens is 2790 g/mol. The van der Waals surface area contributed by atoms with Gasteiger partial charge in [0.05, 0.1) is 0 Å². The second-order valence-corrected chi connectivity index (χ2v) is 156. The topological polar surface area (TPSA) is 0 Å². The minimum absolute atomic E-state index is 1.37. The summed E-state index contributed by atoms with van der Waals surface area (Å²) < 4.78 is 0. The van der Waals surface area contributed by atoms with E-state index in [1.807, 2.05) is 631 Å². The van der Waals surface area contributed by atoms with Crippen LogP contribution in [0, 0.1) is 0 Å². The van der Waals surface area contributed by atoms with Crippen LogP contribution in [0.15, 0.2) is 0 Å². The summed E-state index contributed by atoms with van der Waals surface area (Å²) in [6.07, 6.45) is 0. The smallest absolute Gasteiger partial charge is 0 e. The average Bonchev–Trinajstić information content (AvgIpc) is 3.53. The summed E-state index contributed by atoms with van der Waals surface area (Å²) in [6.45, 7) is 0. The first-order valence-corrected chi connectivity index (χ1v) is 129. The fourth-order valence-electron chi connectivity index (χ4n) is 0.941. The highest BCUT2D eigenvalue weighted by atomic mass is 33.6. The van der Waals surface area contributed by atoms with Gasteiger partial charge in [-0.1, -0.05) is 0 Å². The molecule has 0 fully saturated rings. The van der Waals surface area contributed by atoms with Crippen LogP contribution in [-0.4, -0.2) is 0 Å². The van der Waals surface area contributed by atoms with Crippen LogP contribution in [0.1, 0.15) is 0 Å². The van der Waals surface area contributed by atoms with Gasteiger partial charge in [-0.2, -0.15) is 0 Å². The van der Waals surface area contributed by atoms with Gasteiger partial charge in [0.2, 0.25) is 0 Å². The van der Waals surface area contributed by atoms with Gasteiger partial charge in [-0.3, -0.25) is 0 Å². The largest absolute Gasteiger partial charge is 0 e. The third-order valence-electron chi connectivity index (χ3n) is 2.33. The van der Waals surface area contributed by atoms with Gasteiger partial charge < -0.3 is 0 Å². The molecule has 0 saturated carbocycles. The number of rotatable bonds is 0. The Morgan fingerprint density at radius 1 is 0.0575 bits per heavy atom. The summed E-state index contributed by atoms with van der Waals surface area (Å²) in [5.41, 5.74) is 0. The van der Waals surface area contributed by atoms with Gasteiger partial charge in [0.15, 0.2) is 0 Å². The fraction of sp³-hybridized carbons (Fsp3) is 0. The molecule has 87 heavy (non-hydrogen) atoms. The van der Waals surface area contributed by atoms with E-state index >= 15 is 0 Å². The Labute approximate surface area is 752 Å². The van der Waals surface area contributed by atoms with Crippen molar-refractivity contribution in [2.24, 2.45) is 0 Å². The molecule has 0 radical (unpaired) electrons. The number of hydrogen-bond acceptors (Lipinski definition) is 2. The normalized spacial score (nSPS) is 7.86. The van der Waals surface area contributed by atoms with E-state index in [9.17, 15) is 0 Å². The highest BCUT2D eigenvalue weighted by molar-refractivity contribution is 8.86. The van der Waals surface area contributed by atoms with Crippen LogP contribution in [0.2, 0.25) is 0 Å². The van der Waals surface area contributed by atoms with E-state index in [0.717, 1.165) is 0 Å². The summed E-state index contributed by atoms with van der Waals surface area (Å²) in [5, 5.41) is 0. The van der Waals surface area contributed by atoms with Crippen molar-refractivity contribution in [2.45, 2.75) is 0 Å². The van der Waals surface area contributed by atoms with Crippen LogP contribution in [-0.2, 0) is 777 Å². The lowest BCUT2D eigenvalue weighted by Gasteiger charge is -1.41. The van der Waals surface area contributed by atoms with Crippen molar-refractivity contribution < 1.29 is 0 Å². The number of hydrogen-bond donors (Lipinski definition) is 0. The maximum atomic E-state index is 4.83. The fourth-order valence-corrected chi connectivity index (χ4v) is 229. The third kappa shape index (κ3) is 105. The van der Waals surface area contributed by atoms with Gasteiger partial charge in [0.25, 0.3) is 0 Å². The standard InChI is InChI=1S/S87/c1-3-5-7-9-11-13-15-17-19-21-23-25-27-29-31-33-35-37-39-41-43-45-47-49-51-53-55-57-59-61-63-65-67-69-71-73-75-77-79-81-83-85-87-86-84-82-80-78-76-74-72-70-68-66-64-62-60-58-56-54-52-50-48-46-44-42-40-38-36-34-32-30-28-26-24-22-20-18-16-14-12-10-8-6-4-2. The van der Waals surface area contributed by atoms with Crippen LogP contribution < -0.4 is 0 Å². The first-order valence-electron chi connectivity index (χ1n) is 14.3. The van der Waals surface area contributed by atoms with Crippen LogP contribution in [0.25, 0.3) is 0 Å². The molecule has 0 aliphatic carbocycles. The molecule has 0 bridgehead atoms. The predicted octanol–water partition coefficient (Wildman–Crippen LogP) is -0.209. The van der Waals surface area contributed by atoms with Gasteiger partial charge in [-0.05, 0) is 0 Å². The van der Waals surface area contributed by atoms with Crippen molar-refractivity contribution in [3.05, 3.63) is 0 Å². The van der Waals surface area contributed by atoms with Crippen molar-refractivity contribution >= 4 is 777 Å². The van der Waals surface area contributed by atoms with Gasteiger partial charge in [0.1, 0.15) is 0 Å². The van der Waals surface area contributed by atoms with E-state index in [2.05, 4.69) is 0 Å². The molecule has 0 atom stereocenters. The highest BCUT2D eigenvalue weighted by Gasteiger charge is 1.49. The van der Waals surface area contributed by atoms with Gasteiger partial charge in [-0.25, -0.2) is 0 Å². The molecule has 87 heteroatoms. The molecule has 0 spiro atoms. The Bertz CT molecular complexity index is 6340. The van der Waals surface area contributed by atoms with Crippen molar-refractivity contribution in [3.63, 3.8) is 0 Å². The molecule has 0 unspecified atom stereocenters. The average molecular weight is 2790 g/mol. The van der Waals surface area contributed by atoms with E-state index in [-0.39, 0.29) is 0 Å². The lowest BCUT2D eigenvalue weighted by molar-refractivity contribution is 5.95. The maximum absolute atomic E-state index is 4.83. The molecule has 0 nitrogen and oxygen atoms in total. The Kier molecular flexibility index (Phi) is 128. The Morgan fingerprint density at radius 2 is 0.0920 bits per heavy atom. The van der Waals surface area contributed by atoms with E-state index in [1.54, 1.807) is 107 Å². The Balaban J connectivity index is 6.17. The quantitative estimate of drug-likeness (QED) is 0.330. The zero-order valence-electron chi connectivity index (χ0n) is 35.5. The molecule has 0 aromatic rings. The zero-order chi connectivity index (χ0) is 62.1. The summed E-state index contributed by atoms with van der Waals surface area (Å²) in [4.78, 5) is 0. The van der Waals surface area contributed by atoms with Crippen molar-refractivity contribution in [2.75, 3.05) is 0 Å². The Hall–Kier alpha value is 19.1. The maximum Gasteiger partial charge on any atom is 0 e. The predicted molar refractivity (Wildman–Crippen MR) is 641 cm³/mol. The molecule has 522 valence electrons. The Morgan fingerprint density at radius 3 is 0.126 bits per heavy atom. The van der Waals surface area contributed by atoms with Crippen LogP contribution in [0.4, 0.5) is 0 Å². The van der Waals surface area contributed by atoms with E-state index in [0.29, 0.717) is 0 Å². The van der Waals surface area contributed by atoms with Crippen molar-refractivity contribution in [3.8, 4) is 0 Å². The molecule has 0 aliphatic heterocycles. The van der Waals surface area contributed by atoms with Crippen molar-refractivity contribution in [1.29, 1.82) is 0 Å². The SMILES string of the molecule is S=S=S=S=S=S=S=S=S=S=S=S=S=S=S=S=S=S=S=S=S=S=S=S=S=S=S=S=S=S=S=S=S=S=S=S=S=S=S=S=S=S=S=S=S=S=S=S=S=S=S=S=S=S=S=S=S=S=S=S=S=S=S=S=S=S=S=S=S=S=S=S=S=S=S=S=S=S=S=S=S=S=S=S=S=S=S. The molecule has 0 aromatic heterocycles. The molecule has 0 aromatic carbocycles. The molecule has 0 saturated heterocycles. The molecule has 0 heterocycles. The first kappa shape index (κ1) is 106. The molecule has 0 rings (SSSR count). The van der Waals surface area contributed by atoms with Crippen molar-refractivity contribution in [1.82, 2.24) is 0 Å². The second kappa shape index (κ2) is 105. The lowest BCUT2D eigenvalue weighted by Crippen LogP contribution is -1.41. The summed E-state index contributed by atoms with van der Waals surface area (Å²) in [7, 11) is 154. The first-order chi connectivity index (χ1) is 43.4. The minimum atomic E-state index is 1.37. The summed E-state index contributed by atoms with van der Waals surface area (Å²) in [6, 6.07) is 0. The van der Waals surface area contributed by atoms with E-state index in [1.165, 1.54) is 17.8 Å². The third-order valence-corrected chi connectivity index (χ3v) is 189. The molecule has 0 amide bonds. The van der Waals surface area contributed by atoms with Gasteiger partial charge in [0, 0.05) is 777 Å². The molecule has 0 aliphatic rings.